The van der Waals surface area contributed by atoms with Crippen molar-refractivity contribution in [3.63, 3.8) is 0 Å². The first-order valence-corrected chi connectivity index (χ1v) is 8.31. The molecular weight excluding hydrogens is 326 g/mol. The maximum Gasteiger partial charge on any atom is 0.336 e. The number of carbonyl (C=O) groups is 2. The lowest BCUT2D eigenvalue weighted by molar-refractivity contribution is 0.0695. The van der Waals surface area contributed by atoms with Gasteiger partial charge in [0.15, 0.2) is 0 Å². The molecule has 0 aromatic heterocycles. The van der Waals surface area contributed by atoms with Crippen LogP contribution in [0.5, 0.6) is 0 Å². The number of anilines is 1. The molecule has 0 radical (unpaired) electrons. The normalized spacial score (nSPS) is 10.3. The topological polar surface area (TPSA) is 57.6 Å². The van der Waals surface area contributed by atoms with Gasteiger partial charge in [-0.1, -0.05) is 54.6 Å². The van der Waals surface area contributed by atoms with E-state index in [1.165, 1.54) is 0 Å². The van der Waals surface area contributed by atoms with Crippen molar-refractivity contribution in [2.75, 3.05) is 4.90 Å². The first-order chi connectivity index (χ1) is 12.6. The second-order valence-corrected chi connectivity index (χ2v) is 6.00. The Morgan fingerprint density at radius 3 is 2.04 bits per heavy atom. The standard InChI is InChI=1S/C22H19NO3/c1-16-9-5-7-13-19(16)21(24)23(18-11-3-2-4-12-18)15-17-10-6-8-14-20(17)22(25)26/h2-14H,15H2,1H3,(H,25,26). The summed E-state index contributed by atoms with van der Waals surface area (Å²) in [6.07, 6.45) is 0. The van der Waals surface area contributed by atoms with Crippen molar-refractivity contribution in [2.24, 2.45) is 0 Å². The third-order valence-corrected chi connectivity index (χ3v) is 4.26. The largest absolute Gasteiger partial charge is 0.478 e. The highest BCUT2D eigenvalue weighted by Gasteiger charge is 2.21. The summed E-state index contributed by atoms with van der Waals surface area (Å²) >= 11 is 0. The van der Waals surface area contributed by atoms with Crippen LogP contribution in [0, 0.1) is 6.92 Å². The Balaban J connectivity index is 2.05. The third-order valence-electron chi connectivity index (χ3n) is 4.26. The number of hydrogen-bond donors (Lipinski definition) is 1. The minimum atomic E-state index is -1.00. The second-order valence-electron chi connectivity index (χ2n) is 6.00. The summed E-state index contributed by atoms with van der Waals surface area (Å²) in [7, 11) is 0. The molecule has 1 N–H and O–H groups in total. The Morgan fingerprint density at radius 1 is 0.808 bits per heavy atom. The van der Waals surface area contributed by atoms with Gasteiger partial charge in [-0.05, 0) is 42.3 Å². The first-order valence-electron chi connectivity index (χ1n) is 8.31. The molecule has 130 valence electrons. The number of benzene rings is 3. The van der Waals surface area contributed by atoms with Gasteiger partial charge in [-0.25, -0.2) is 4.79 Å². The zero-order valence-corrected chi connectivity index (χ0v) is 14.4. The van der Waals surface area contributed by atoms with Gasteiger partial charge in [0, 0.05) is 11.3 Å². The Labute approximate surface area is 152 Å². The van der Waals surface area contributed by atoms with Crippen LogP contribution < -0.4 is 4.90 Å². The van der Waals surface area contributed by atoms with Crippen LogP contribution in [-0.4, -0.2) is 17.0 Å². The summed E-state index contributed by atoms with van der Waals surface area (Å²) in [5, 5.41) is 9.45. The number of amides is 1. The molecule has 0 aliphatic rings. The van der Waals surface area contributed by atoms with Gasteiger partial charge in [0.2, 0.25) is 0 Å². The number of aromatic carboxylic acids is 1. The van der Waals surface area contributed by atoms with Crippen LogP contribution in [0.2, 0.25) is 0 Å². The predicted octanol–water partition coefficient (Wildman–Crippen LogP) is 4.54. The van der Waals surface area contributed by atoms with E-state index in [2.05, 4.69) is 0 Å². The zero-order valence-electron chi connectivity index (χ0n) is 14.4. The molecule has 0 aliphatic heterocycles. The van der Waals surface area contributed by atoms with Crippen LogP contribution in [0.15, 0.2) is 78.9 Å². The highest BCUT2D eigenvalue weighted by atomic mass is 16.4. The highest BCUT2D eigenvalue weighted by Crippen LogP contribution is 2.23. The average molecular weight is 345 g/mol. The Morgan fingerprint density at radius 2 is 1.38 bits per heavy atom. The molecule has 0 unspecified atom stereocenters. The monoisotopic (exact) mass is 345 g/mol. The van der Waals surface area contributed by atoms with Crippen LogP contribution in [0.25, 0.3) is 0 Å². The number of carboxylic acid groups (broad SMARTS) is 1. The van der Waals surface area contributed by atoms with E-state index in [4.69, 9.17) is 0 Å². The Hall–Kier alpha value is -3.40. The van der Waals surface area contributed by atoms with Crippen molar-refractivity contribution in [2.45, 2.75) is 13.5 Å². The summed E-state index contributed by atoms with van der Waals surface area (Å²) in [4.78, 5) is 26.4. The number of carboxylic acids is 1. The van der Waals surface area contributed by atoms with E-state index in [-0.39, 0.29) is 18.0 Å². The number of nitrogens with zero attached hydrogens (tertiary/aromatic N) is 1. The molecule has 4 heteroatoms. The fourth-order valence-electron chi connectivity index (χ4n) is 2.88. The highest BCUT2D eigenvalue weighted by molar-refractivity contribution is 6.07. The summed E-state index contributed by atoms with van der Waals surface area (Å²) in [5.41, 5.74) is 2.99. The molecule has 0 atom stereocenters. The average Bonchev–Trinajstić information content (AvgIpc) is 2.67. The van der Waals surface area contributed by atoms with Crippen molar-refractivity contribution in [3.05, 3.63) is 101 Å². The van der Waals surface area contributed by atoms with Gasteiger partial charge in [0.05, 0.1) is 12.1 Å². The minimum absolute atomic E-state index is 0.158. The number of rotatable bonds is 5. The molecule has 1 amide bonds. The van der Waals surface area contributed by atoms with Gasteiger partial charge < -0.3 is 10.0 Å². The van der Waals surface area contributed by atoms with Gasteiger partial charge in [-0.3, -0.25) is 4.79 Å². The second kappa shape index (κ2) is 7.66. The lowest BCUT2D eigenvalue weighted by atomic mass is 10.0. The molecule has 0 saturated heterocycles. The van der Waals surface area contributed by atoms with Gasteiger partial charge in [-0.15, -0.1) is 0 Å². The summed E-state index contributed by atoms with van der Waals surface area (Å²) in [6.45, 7) is 2.07. The molecule has 26 heavy (non-hydrogen) atoms. The third kappa shape index (κ3) is 3.64. The molecule has 3 aromatic carbocycles. The quantitative estimate of drug-likeness (QED) is 0.738. The number of carbonyl (C=O) groups excluding carboxylic acids is 1. The molecule has 3 aromatic rings. The van der Waals surface area contributed by atoms with Crippen molar-refractivity contribution in [3.8, 4) is 0 Å². The SMILES string of the molecule is Cc1ccccc1C(=O)N(Cc1ccccc1C(=O)O)c1ccccc1. The van der Waals surface area contributed by atoms with Gasteiger partial charge in [-0.2, -0.15) is 0 Å². The molecule has 0 spiro atoms. The van der Waals surface area contributed by atoms with Gasteiger partial charge >= 0.3 is 5.97 Å². The van der Waals surface area contributed by atoms with Crippen molar-refractivity contribution >= 4 is 17.6 Å². The van der Waals surface area contributed by atoms with Crippen molar-refractivity contribution in [1.82, 2.24) is 0 Å². The smallest absolute Gasteiger partial charge is 0.336 e. The van der Waals surface area contributed by atoms with E-state index in [0.29, 0.717) is 11.1 Å². The summed E-state index contributed by atoms with van der Waals surface area (Å²) < 4.78 is 0. The Kier molecular flexibility index (Phi) is 5.13. The maximum absolute atomic E-state index is 13.2. The first kappa shape index (κ1) is 17.4. The Bertz CT molecular complexity index is 935. The van der Waals surface area contributed by atoms with Crippen molar-refractivity contribution in [1.29, 1.82) is 0 Å². The van der Waals surface area contributed by atoms with Crippen LogP contribution in [0.3, 0.4) is 0 Å². The lowest BCUT2D eigenvalue weighted by Crippen LogP contribution is -2.31. The minimum Gasteiger partial charge on any atom is -0.478 e. The number of hydrogen-bond acceptors (Lipinski definition) is 2. The number of para-hydroxylation sites is 1. The van der Waals surface area contributed by atoms with E-state index < -0.39 is 5.97 Å². The zero-order chi connectivity index (χ0) is 18.5. The van der Waals surface area contributed by atoms with Crippen LogP contribution in [0.1, 0.15) is 31.8 Å². The molecule has 4 nitrogen and oxygen atoms in total. The van der Waals surface area contributed by atoms with Crippen molar-refractivity contribution < 1.29 is 14.7 Å². The molecular formula is C22H19NO3. The maximum atomic E-state index is 13.2. The van der Waals surface area contributed by atoms with Crippen LogP contribution >= 0.6 is 0 Å². The molecule has 0 aliphatic carbocycles. The summed E-state index contributed by atoms with van der Waals surface area (Å²) in [6, 6.07) is 23.4. The van der Waals surface area contributed by atoms with Crippen LogP contribution in [0.4, 0.5) is 5.69 Å². The fourth-order valence-corrected chi connectivity index (χ4v) is 2.88. The molecule has 0 fully saturated rings. The van der Waals surface area contributed by atoms with E-state index >= 15 is 0 Å². The molecule has 0 bridgehead atoms. The predicted molar refractivity (Wildman–Crippen MR) is 102 cm³/mol. The van der Waals surface area contributed by atoms with Gasteiger partial charge in [0.25, 0.3) is 5.91 Å². The molecule has 3 rings (SSSR count). The van der Waals surface area contributed by atoms with E-state index in [0.717, 1.165) is 11.3 Å². The van der Waals surface area contributed by atoms with E-state index in [1.54, 1.807) is 35.2 Å². The number of aryl methyl sites for hydroxylation is 1. The van der Waals surface area contributed by atoms with Crippen LogP contribution in [-0.2, 0) is 6.54 Å². The summed E-state index contributed by atoms with van der Waals surface area (Å²) in [5.74, 6) is -1.16. The van der Waals surface area contributed by atoms with E-state index in [9.17, 15) is 14.7 Å². The molecule has 0 saturated carbocycles. The fraction of sp³-hybridized carbons (Fsp3) is 0.0909. The van der Waals surface area contributed by atoms with Gasteiger partial charge in [0.1, 0.15) is 0 Å². The van der Waals surface area contributed by atoms with E-state index in [1.807, 2.05) is 55.5 Å². The lowest BCUT2D eigenvalue weighted by Gasteiger charge is -2.24. The molecule has 0 heterocycles.